The number of carbonyl (C=O) groups excluding carboxylic acids is 1. The molecular formula is C12H5ClF2N2OS. The Hall–Kier alpha value is -1.97. The monoisotopic (exact) mass is 298 g/mol. The van der Waals surface area contributed by atoms with Gasteiger partial charge >= 0.3 is 0 Å². The maximum atomic E-state index is 13.1. The van der Waals surface area contributed by atoms with Crippen LogP contribution in [0.5, 0.6) is 0 Å². The van der Waals surface area contributed by atoms with Crippen molar-refractivity contribution in [2.75, 3.05) is 5.32 Å². The summed E-state index contributed by atoms with van der Waals surface area (Å²) in [5.41, 5.74) is 0.0925. The highest BCUT2D eigenvalue weighted by molar-refractivity contribution is 7.14. The Labute approximate surface area is 116 Å². The predicted molar refractivity (Wildman–Crippen MR) is 68.4 cm³/mol. The highest BCUT2D eigenvalue weighted by atomic mass is 35.5. The lowest BCUT2D eigenvalue weighted by molar-refractivity contribution is 0.102. The van der Waals surface area contributed by atoms with Gasteiger partial charge in [-0.15, -0.1) is 11.3 Å². The zero-order chi connectivity index (χ0) is 14.0. The molecule has 1 N–H and O–H groups in total. The van der Waals surface area contributed by atoms with Gasteiger partial charge in [-0.3, -0.25) is 4.79 Å². The van der Waals surface area contributed by atoms with Crippen LogP contribution in [-0.4, -0.2) is 5.91 Å². The Kier molecular flexibility index (Phi) is 3.79. The van der Waals surface area contributed by atoms with Crippen molar-refractivity contribution in [3.05, 3.63) is 51.4 Å². The van der Waals surface area contributed by atoms with E-state index in [4.69, 9.17) is 16.9 Å². The van der Waals surface area contributed by atoms with Crippen LogP contribution in [-0.2, 0) is 0 Å². The minimum atomic E-state index is -1.17. The Morgan fingerprint density at radius 1 is 1.37 bits per heavy atom. The van der Waals surface area contributed by atoms with E-state index in [1.807, 2.05) is 6.07 Å². The molecule has 0 bridgehead atoms. The molecule has 0 aliphatic carbocycles. The molecule has 19 heavy (non-hydrogen) atoms. The van der Waals surface area contributed by atoms with E-state index in [9.17, 15) is 13.6 Å². The summed E-state index contributed by atoms with van der Waals surface area (Å²) in [7, 11) is 0. The third-order valence-electron chi connectivity index (χ3n) is 2.27. The fourth-order valence-electron chi connectivity index (χ4n) is 1.36. The molecule has 96 valence electrons. The second kappa shape index (κ2) is 5.34. The number of carbonyl (C=O) groups is 1. The van der Waals surface area contributed by atoms with Gasteiger partial charge in [-0.1, -0.05) is 11.6 Å². The van der Waals surface area contributed by atoms with Gasteiger partial charge in [-0.2, -0.15) is 5.26 Å². The van der Waals surface area contributed by atoms with Crippen molar-refractivity contribution in [3.8, 4) is 6.07 Å². The van der Waals surface area contributed by atoms with Gasteiger partial charge in [0.05, 0.1) is 16.1 Å². The van der Waals surface area contributed by atoms with Crippen LogP contribution in [0.4, 0.5) is 13.8 Å². The first-order valence-corrected chi connectivity index (χ1v) is 6.22. The number of nitrogens with one attached hydrogen (secondary N) is 1. The minimum absolute atomic E-state index is 0.196. The molecule has 3 nitrogen and oxygen atoms in total. The van der Waals surface area contributed by atoms with Crippen LogP contribution >= 0.6 is 22.9 Å². The lowest BCUT2D eigenvalue weighted by Gasteiger charge is -2.06. The van der Waals surface area contributed by atoms with Crippen LogP contribution in [0.1, 0.15) is 15.9 Å². The zero-order valence-corrected chi connectivity index (χ0v) is 10.8. The Morgan fingerprint density at radius 3 is 2.74 bits per heavy atom. The average molecular weight is 299 g/mol. The quantitative estimate of drug-likeness (QED) is 0.857. The van der Waals surface area contributed by atoms with Crippen molar-refractivity contribution in [3.63, 3.8) is 0 Å². The van der Waals surface area contributed by atoms with E-state index in [0.717, 1.165) is 17.4 Å². The summed E-state index contributed by atoms with van der Waals surface area (Å²) in [6.45, 7) is 0. The summed E-state index contributed by atoms with van der Waals surface area (Å²) < 4.78 is 26.0. The first-order chi connectivity index (χ1) is 9.02. The zero-order valence-electron chi connectivity index (χ0n) is 9.21. The van der Waals surface area contributed by atoms with Crippen LogP contribution in [0, 0.1) is 23.0 Å². The van der Waals surface area contributed by atoms with Crippen LogP contribution < -0.4 is 5.32 Å². The van der Waals surface area contributed by atoms with Gasteiger partial charge < -0.3 is 5.32 Å². The van der Waals surface area contributed by atoms with Gasteiger partial charge in [0, 0.05) is 0 Å². The number of nitriles is 1. The number of halogens is 3. The van der Waals surface area contributed by atoms with Gasteiger partial charge in [0.1, 0.15) is 11.1 Å². The number of thiophene rings is 1. The van der Waals surface area contributed by atoms with E-state index in [2.05, 4.69) is 5.32 Å². The summed E-state index contributed by atoms with van der Waals surface area (Å²) in [6.07, 6.45) is 0. The van der Waals surface area contributed by atoms with E-state index < -0.39 is 17.5 Å². The number of benzene rings is 1. The van der Waals surface area contributed by atoms with Gasteiger partial charge in [0.2, 0.25) is 0 Å². The smallest absolute Gasteiger partial charge is 0.257 e. The fraction of sp³-hybridized carbons (Fsp3) is 0. The van der Waals surface area contributed by atoms with E-state index in [0.29, 0.717) is 11.1 Å². The Balaban J connectivity index is 2.31. The second-order valence-corrected chi connectivity index (χ2v) is 4.80. The first kappa shape index (κ1) is 13.5. The minimum Gasteiger partial charge on any atom is -0.312 e. The molecule has 0 spiro atoms. The highest BCUT2D eigenvalue weighted by Gasteiger charge is 2.16. The maximum Gasteiger partial charge on any atom is 0.257 e. The molecule has 1 amide bonds. The second-order valence-electron chi connectivity index (χ2n) is 3.48. The molecule has 0 unspecified atom stereocenters. The van der Waals surface area contributed by atoms with Gasteiger partial charge in [0.15, 0.2) is 11.6 Å². The molecule has 1 aromatic carbocycles. The van der Waals surface area contributed by atoms with Crippen molar-refractivity contribution in [1.29, 1.82) is 5.26 Å². The van der Waals surface area contributed by atoms with E-state index in [1.54, 1.807) is 5.38 Å². The molecule has 2 aromatic rings. The summed E-state index contributed by atoms with van der Waals surface area (Å²) >= 11 is 6.83. The summed E-state index contributed by atoms with van der Waals surface area (Å²) in [4.78, 5) is 11.9. The van der Waals surface area contributed by atoms with E-state index >= 15 is 0 Å². The molecule has 0 aliphatic heterocycles. The molecule has 0 aliphatic rings. The molecule has 1 heterocycles. The predicted octanol–water partition coefficient (Wildman–Crippen LogP) is 3.80. The van der Waals surface area contributed by atoms with Crippen molar-refractivity contribution in [2.24, 2.45) is 0 Å². The lowest BCUT2D eigenvalue weighted by Crippen LogP contribution is -2.13. The topological polar surface area (TPSA) is 52.9 Å². The lowest BCUT2D eigenvalue weighted by atomic mass is 10.2. The maximum absolute atomic E-state index is 13.1. The summed E-state index contributed by atoms with van der Waals surface area (Å²) in [6, 6.07) is 4.87. The number of rotatable bonds is 2. The molecule has 0 saturated heterocycles. The standard InChI is InChI=1S/C12H5ClF2N2OS/c13-8-4-10(15)9(14)3-7(8)11(18)17-12-6(5-16)1-2-19-12/h1-4H,(H,17,18). The number of anilines is 1. The number of hydrogen-bond acceptors (Lipinski definition) is 3. The largest absolute Gasteiger partial charge is 0.312 e. The van der Waals surface area contributed by atoms with Crippen LogP contribution in [0.3, 0.4) is 0 Å². The average Bonchev–Trinajstić information content (AvgIpc) is 2.80. The fourth-order valence-corrected chi connectivity index (χ4v) is 2.33. The summed E-state index contributed by atoms with van der Waals surface area (Å²) in [5, 5.41) is 13.0. The van der Waals surface area contributed by atoms with Gasteiger partial charge in [0.25, 0.3) is 5.91 Å². The van der Waals surface area contributed by atoms with Crippen LogP contribution in [0.15, 0.2) is 23.6 Å². The SMILES string of the molecule is N#Cc1ccsc1NC(=O)c1cc(F)c(F)cc1Cl. The van der Waals surface area contributed by atoms with Crippen molar-refractivity contribution in [2.45, 2.75) is 0 Å². The summed E-state index contributed by atoms with van der Waals surface area (Å²) in [5.74, 6) is -3.00. The van der Waals surface area contributed by atoms with Crippen molar-refractivity contribution < 1.29 is 13.6 Å². The third kappa shape index (κ3) is 2.72. The Morgan fingerprint density at radius 2 is 2.05 bits per heavy atom. The van der Waals surface area contributed by atoms with Crippen LogP contribution in [0.2, 0.25) is 5.02 Å². The number of amides is 1. The normalized spacial score (nSPS) is 10.0. The molecule has 1 aromatic heterocycles. The van der Waals surface area contributed by atoms with Gasteiger partial charge in [-0.25, -0.2) is 8.78 Å². The molecule has 0 atom stereocenters. The van der Waals surface area contributed by atoms with Crippen molar-refractivity contribution >= 4 is 33.8 Å². The highest BCUT2D eigenvalue weighted by Crippen LogP contribution is 2.25. The molecule has 7 heteroatoms. The number of hydrogen-bond donors (Lipinski definition) is 1. The molecule has 0 saturated carbocycles. The molecule has 0 fully saturated rings. The Bertz CT molecular complexity index is 694. The molecule has 0 radical (unpaired) electrons. The molecular weight excluding hydrogens is 294 g/mol. The molecule has 2 rings (SSSR count). The van der Waals surface area contributed by atoms with E-state index in [1.165, 1.54) is 6.07 Å². The van der Waals surface area contributed by atoms with Crippen LogP contribution in [0.25, 0.3) is 0 Å². The first-order valence-electron chi connectivity index (χ1n) is 4.96. The van der Waals surface area contributed by atoms with Crippen molar-refractivity contribution in [1.82, 2.24) is 0 Å². The third-order valence-corrected chi connectivity index (χ3v) is 3.41. The number of nitrogens with zero attached hydrogens (tertiary/aromatic N) is 1. The van der Waals surface area contributed by atoms with E-state index in [-0.39, 0.29) is 16.1 Å². The van der Waals surface area contributed by atoms with Gasteiger partial charge in [-0.05, 0) is 23.6 Å².